The van der Waals surface area contributed by atoms with Crippen LogP contribution in [0, 0.1) is 0 Å². The first-order valence-electron chi connectivity index (χ1n) is 10.3. The summed E-state index contributed by atoms with van der Waals surface area (Å²) in [4.78, 5) is 40.6. The van der Waals surface area contributed by atoms with E-state index in [1.807, 2.05) is 30.3 Å². The lowest BCUT2D eigenvalue weighted by atomic mass is 10.1. The number of ether oxygens (including phenoxy) is 2. The van der Waals surface area contributed by atoms with Crippen molar-refractivity contribution < 1.29 is 29.0 Å². The molecule has 3 N–H and O–H groups in total. The number of para-hydroxylation sites is 1. The lowest BCUT2D eigenvalue weighted by molar-refractivity contribution is -0.139. The minimum atomic E-state index is -1.02. The van der Waals surface area contributed by atoms with E-state index in [-0.39, 0.29) is 31.6 Å². The second-order valence-corrected chi connectivity index (χ2v) is 7.18. The Morgan fingerprint density at radius 2 is 2.03 bits per heavy atom. The van der Waals surface area contributed by atoms with Crippen LogP contribution in [0.2, 0.25) is 0 Å². The van der Waals surface area contributed by atoms with Gasteiger partial charge in [-0.3, -0.25) is 14.9 Å². The number of amides is 1. The second kappa shape index (κ2) is 11.8. The highest BCUT2D eigenvalue weighted by Gasteiger charge is 2.29. The summed E-state index contributed by atoms with van der Waals surface area (Å²) in [5, 5.41) is 15.6. The molecule has 2 heterocycles. The molecule has 32 heavy (non-hydrogen) atoms. The summed E-state index contributed by atoms with van der Waals surface area (Å²) >= 11 is 0. The molecule has 1 aliphatic rings. The molecule has 1 aromatic heterocycles. The first kappa shape index (κ1) is 23.2. The van der Waals surface area contributed by atoms with Crippen molar-refractivity contribution in [1.29, 1.82) is 0 Å². The van der Waals surface area contributed by atoms with Crippen molar-refractivity contribution >= 4 is 29.9 Å². The molecule has 3 unspecified atom stereocenters. The molecule has 3 atom stereocenters. The van der Waals surface area contributed by atoms with Gasteiger partial charge in [0.05, 0.1) is 6.10 Å². The van der Waals surface area contributed by atoms with E-state index in [2.05, 4.69) is 15.6 Å². The number of pyridine rings is 1. The van der Waals surface area contributed by atoms with Crippen LogP contribution in [-0.2, 0) is 23.9 Å². The molecular weight excluding hydrogens is 416 g/mol. The number of nitrogens with one attached hydrogen (secondary N) is 2. The Morgan fingerprint density at radius 3 is 2.72 bits per heavy atom. The molecule has 0 radical (unpaired) electrons. The molecule has 1 saturated heterocycles. The van der Waals surface area contributed by atoms with Crippen LogP contribution < -0.4 is 15.5 Å². The zero-order chi connectivity index (χ0) is 22.8. The van der Waals surface area contributed by atoms with E-state index >= 15 is 0 Å². The van der Waals surface area contributed by atoms with Crippen LogP contribution >= 0.6 is 0 Å². The smallest absolute Gasteiger partial charge is 0.326 e. The number of rotatable bonds is 12. The van der Waals surface area contributed by atoms with Gasteiger partial charge in [0.2, 0.25) is 5.91 Å². The number of carbonyl (C=O) groups is 3. The summed E-state index contributed by atoms with van der Waals surface area (Å²) in [5.74, 6) is -0.872. The Morgan fingerprint density at radius 1 is 1.25 bits per heavy atom. The maximum atomic E-state index is 12.2. The number of benzene rings is 1. The third-order valence-electron chi connectivity index (χ3n) is 4.99. The summed E-state index contributed by atoms with van der Waals surface area (Å²) in [6.45, 7) is 0.827. The van der Waals surface area contributed by atoms with Gasteiger partial charge >= 0.3 is 5.97 Å². The number of hydrogen-bond donors (Lipinski definition) is 3. The molecule has 0 saturated carbocycles. The highest BCUT2D eigenvalue weighted by molar-refractivity contribution is 5.82. The van der Waals surface area contributed by atoms with Crippen LogP contribution in [0.15, 0.2) is 54.7 Å². The number of carboxylic acid groups (broad SMARTS) is 1. The molecule has 1 aromatic carbocycles. The van der Waals surface area contributed by atoms with Crippen LogP contribution in [0.1, 0.15) is 12.8 Å². The predicted molar refractivity (Wildman–Crippen MR) is 115 cm³/mol. The fourth-order valence-corrected chi connectivity index (χ4v) is 3.48. The van der Waals surface area contributed by atoms with Crippen molar-refractivity contribution in [2.45, 2.75) is 31.2 Å². The van der Waals surface area contributed by atoms with Gasteiger partial charge in [-0.25, -0.2) is 9.78 Å². The first-order valence-corrected chi connectivity index (χ1v) is 10.3. The topological polar surface area (TPSA) is 130 Å². The van der Waals surface area contributed by atoms with Gasteiger partial charge in [-0.05, 0) is 30.7 Å². The summed E-state index contributed by atoms with van der Waals surface area (Å²) in [7, 11) is 0. The quantitative estimate of drug-likeness (QED) is 0.413. The first-order chi connectivity index (χ1) is 15.6. The van der Waals surface area contributed by atoms with Gasteiger partial charge < -0.3 is 24.8 Å². The Kier molecular flexibility index (Phi) is 8.52. The Bertz CT molecular complexity index is 843. The van der Waals surface area contributed by atoms with E-state index in [1.165, 1.54) is 0 Å². The molecule has 0 aliphatic carbocycles. The van der Waals surface area contributed by atoms with Crippen molar-refractivity contribution in [3.05, 3.63) is 54.7 Å². The van der Waals surface area contributed by atoms with Gasteiger partial charge in [-0.2, -0.15) is 0 Å². The number of nitrogens with zero attached hydrogens (tertiary/aromatic N) is 2. The van der Waals surface area contributed by atoms with Crippen molar-refractivity contribution in [3.8, 4) is 0 Å². The summed E-state index contributed by atoms with van der Waals surface area (Å²) < 4.78 is 10.3. The Labute approximate surface area is 185 Å². The van der Waals surface area contributed by atoms with Crippen molar-refractivity contribution in [2.75, 3.05) is 24.6 Å². The highest BCUT2D eigenvalue weighted by Crippen LogP contribution is 2.27. The van der Waals surface area contributed by atoms with E-state index in [1.54, 1.807) is 29.3 Å². The van der Waals surface area contributed by atoms with Gasteiger partial charge in [0.15, 0.2) is 6.23 Å². The fourth-order valence-electron chi connectivity index (χ4n) is 3.48. The minimum absolute atomic E-state index is 0.148. The molecule has 2 aromatic rings. The van der Waals surface area contributed by atoms with Crippen LogP contribution in [-0.4, -0.2) is 66.5 Å². The maximum absolute atomic E-state index is 12.2. The standard InChI is InChI=1S/C22H26N4O6/c27-15-32-21-12-17(13-25-21)31-14-20(28)24-11-9-18(22(29)30)26(16-6-2-1-3-7-16)19-8-4-5-10-23-19/h1-8,10,15,17-18,21,25H,9,11-14H2,(H,24,28)(H,29,30). The number of carboxylic acids is 1. The van der Waals surface area contributed by atoms with Crippen LogP contribution in [0.4, 0.5) is 11.5 Å². The normalized spacial score (nSPS) is 18.5. The monoisotopic (exact) mass is 442 g/mol. The van der Waals surface area contributed by atoms with Crippen molar-refractivity contribution in [2.24, 2.45) is 0 Å². The number of aromatic nitrogens is 1. The number of carbonyl (C=O) groups excluding carboxylic acids is 2. The maximum Gasteiger partial charge on any atom is 0.326 e. The van der Waals surface area contributed by atoms with Gasteiger partial charge in [0.1, 0.15) is 18.5 Å². The number of anilines is 2. The zero-order valence-corrected chi connectivity index (χ0v) is 17.4. The molecule has 0 bridgehead atoms. The number of aliphatic carboxylic acids is 1. The zero-order valence-electron chi connectivity index (χ0n) is 17.4. The van der Waals surface area contributed by atoms with Crippen LogP contribution in [0.25, 0.3) is 0 Å². The van der Waals surface area contributed by atoms with E-state index in [0.29, 0.717) is 30.9 Å². The van der Waals surface area contributed by atoms with Crippen LogP contribution in [0.3, 0.4) is 0 Å². The summed E-state index contributed by atoms with van der Waals surface area (Å²) in [6, 6.07) is 13.5. The number of hydrogen-bond acceptors (Lipinski definition) is 8. The van der Waals surface area contributed by atoms with E-state index in [9.17, 15) is 19.5 Å². The molecule has 10 nitrogen and oxygen atoms in total. The van der Waals surface area contributed by atoms with Gasteiger partial charge in [0, 0.05) is 31.4 Å². The summed E-state index contributed by atoms with van der Waals surface area (Å²) in [5.41, 5.74) is 0.689. The molecule has 1 aliphatic heterocycles. The average Bonchev–Trinajstić information content (AvgIpc) is 3.26. The third-order valence-corrected chi connectivity index (χ3v) is 4.99. The molecule has 170 valence electrons. The SMILES string of the molecule is O=COC1CC(OCC(=O)NCCC(C(=O)O)N(c2ccccc2)c2ccccn2)CN1. The lowest BCUT2D eigenvalue weighted by Gasteiger charge is -2.30. The van der Waals surface area contributed by atoms with E-state index in [0.717, 1.165) is 0 Å². The lowest BCUT2D eigenvalue weighted by Crippen LogP contribution is -2.42. The van der Waals surface area contributed by atoms with Gasteiger partial charge in [0.25, 0.3) is 6.47 Å². The second-order valence-electron chi connectivity index (χ2n) is 7.18. The molecule has 1 amide bonds. The molecular formula is C22H26N4O6. The molecule has 0 spiro atoms. The van der Waals surface area contributed by atoms with Crippen molar-refractivity contribution in [1.82, 2.24) is 15.6 Å². The van der Waals surface area contributed by atoms with E-state index < -0.39 is 18.2 Å². The molecule has 1 fully saturated rings. The average molecular weight is 442 g/mol. The third kappa shape index (κ3) is 6.50. The molecule has 3 rings (SSSR count). The van der Waals surface area contributed by atoms with Crippen LogP contribution in [0.5, 0.6) is 0 Å². The largest absolute Gasteiger partial charge is 0.480 e. The van der Waals surface area contributed by atoms with Crippen molar-refractivity contribution in [3.63, 3.8) is 0 Å². The Balaban J connectivity index is 1.55. The summed E-state index contributed by atoms with van der Waals surface area (Å²) in [6.07, 6.45) is 1.57. The fraction of sp³-hybridized carbons (Fsp3) is 0.364. The van der Waals surface area contributed by atoms with E-state index in [4.69, 9.17) is 9.47 Å². The Hall–Kier alpha value is -3.50. The van der Waals surface area contributed by atoms with Gasteiger partial charge in [-0.1, -0.05) is 24.3 Å². The van der Waals surface area contributed by atoms with Gasteiger partial charge in [-0.15, -0.1) is 0 Å². The highest BCUT2D eigenvalue weighted by atomic mass is 16.5. The molecule has 10 heteroatoms. The minimum Gasteiger partial charge on any atom is -0.480 e. The predicted octanol–water partition coefficient (Wildman–Crippen LogP) is 1.06.